The molecule has 0 bridgehead atoms. The summed E-state index contributed by atoms with van der Waals surface area (Å²) >= 11 is 3.23. The highest BCUT2D eigenvalue weighted by Gasteiger charge is 2.24. The first kappa shape index (κ1) is 14.6. The van der Waals surface area contributed by atoms with Crippen molar-refractivity contribution in [2.45, 2.75) is 19.6 Å². The molecule has 1 aliphatic heterocycles. The van der Waals surface area contributed by atoms with E-state index in [2.05, 4.69) is 37.7 Å². The maximum Gasteiger partial charge on any atom is 0.265 e. The van der Waals surface area contributed by atoms with Crippen molar-refractivity contribution in [3.05, 3.63) is 26.3 Å². The number of H-pyrrole nitrogens is 1. The van der Waals surface area contributed by atoms with E-state index in [1.54, 1.807) is 7.11 Å². The number of rotatable bonds is 4. The van der Waals surface area contributed by atoms with Crippen molar-refractivity contribution >= 4 is 15.9 Å². The molecule has 1 unspecified atom stereocenters. The summed E-state index contributed by atoms with van der Waals surface area (Å²) in [5, 5.41) is 0. The summed E-state index contributed by atoms with van der Waals surface area (Å²) < 4.78 is 11.2. The number of hydrogen-bond acceptors (Lipinski definition) is 5. The Kier molecular flexibility index (Phi) is 5.09. The lowest BCUT2D eigenvalue weighted by molar-refractivity contribution is -0.0329. The number of aromatic amines is 1. The van der Waals surface area contributed by atoms with Gasteiger partial charge in [-0.1, -0.05) is 6.92 Å². The zero-order chi connectivity index (χ0) is 13.8. The lowest BCUT2D eigenvalue weighted by Gasteiger charge is -2.31. The molecule has 1 aliphatic rings. The Morgan fingerprint density at radius 3 is 3.11 bits per heavy atom. The van der Waals surface area contributed by atoms with E-state index in [9.17, 15) is 4.79 Å². The third kappa shape index (κ3) is 3.42. The van der Waals surface area contributed by atoms with Gasteiger partial charge < -0.3 is 14.5 Å². The Morgan fingerprint density at radius 1 is 1.63 bits per heavy atom. The van der Waals surface area contributed by atoms with E-state index in [-0.39, 0.29) is 11.7 Å². The van der Waals surface area contributed by atoms with Gasteiger partial charge in [-0.05, 0) is 22.5 Å². The van der Waals surface area contributed by atoms with E-state index in [0.29, 0.717) is 29.2 Å². The Morgan fingerprint density at radius 2 is 2.42 bits per heavy atom. The zero-order valence-corrected chi connectivity index (χ0v) is 12.7. The van der Waals surface area contributed by atoms with Crippen LogP contribution in [0.5, 0.6) is 0 Å². The molecule has 1 fully saturated rings. The summed E-state index contributed by atoms with van der Waals surface area (Å²) in [6, 6.07) is 0. The number of likely N-dealkylation sites (N-methyl/N-ethyl adjacent to an activating group) is 1. The minimum absolute atomic E-state index is 0.190. The lowest BCUT2D eigenvalue weighted by atomic mass is 10.2. The van der Waals surface area contributed by atoms with Gasteiger partial charge in [-0.15, -0.1) is 0 Å². The predicted octanol–water partition coefficient (Wildman–Crippen LogP) is 1.07. The van der Waals surface area contributed by atoms with Crippen molar-refractivity contribution in [2.24, 2.45) is 0 Å². The van der Waals surface area contributed by atoms with Gasteiger partial charge in [0.15, 0.2) is 0 Å². The number of methoxy groups -OCH3 is 1. The molecule has 19 heavy (non-hydrogen) atoms. The van der Waals surface area contributed by atoms with Crippen molar-refractivity contribution in [3.63, 3.8) is 0 Å². The van der Waals surface area contributed by atoms with Gasteiger partial charge >= 0.3 is 0 Å². The molecule has 0 aromatic carbocycles. The highest BCUT2D eigenvalue weighted by Crippen LogP contribution is 2.20. The van der Waals surface area contributed by atoms with Gasteiger partial charge in [0.1, 0.15) is 16.4 Å². The average Bonchev–Trinajstić information content (AvgIpc) is 2.44. The van der Waals surface area contributed by atoms with E-state index in [1.165, 1.54) is 0 Å². The van der Waals surface area contributed by atoms with E-state index < -0.39 is 0 Å². The van der Waals surface area contributed by atoms with Gasteiger partial charge in [-0.2, -0.15) is 0 Å². The van der Waals surface area contributed by atoms with Gasteiger partial charge in [0.05, 0.1) is 18.9 Å². The fraction of sp³-hybridized carbons (Fsp3) is 0.667. The van der Waals surface area contributed by atoms with Crippen molar-refractivity contribution in [3.8, 4) is 0 Å². The third-order valence-electron chi connectivity index (χ3n) is 3.13. The van der Waals surface area contributed by atoms with E-state index in [4.69, 9.17) is 9.47 Å². The molecule has 0 saturated carbocycles. The molecule has 1 N–H and O–H groups in total. The van der Waals surface area contributed by atoms with Crippen LogP contribution in [0.25, 0.3) is 0 Å². The number of nitrogens with one attached hydrogen (secondary N) is 1. The molecule has 2 heterocycles. The molecule has 106 valence electrons. The molecule has 0 amide bonds. The summed E-state index contributed by atoms with van der Waals surface area (Å²) in [5.74, 6) is 0.568. The van der Waals surface area contributed by atoms with Crippen LogP contribution in [0.4, 0.5) is 0 Å². The summed E-state index contributed by atoms with van der Waals surface area (Å²) in [6.07, 6.45) is -0.190. The Labute approximate surface area is 120 Å². The Hall–Kier alpha value is -0.760. The standard InChI is InChI=1S/C12H18BrN3O3/c1-3-16-4-5-19-9(6-16)11-14-8(7-18-2)10(13)12(17)15-11/h9H,3-7H2,1-2H3,(H,14,15,17). The quantitative estimate of drug-likeness (QED) is 0.893. The predicted molar refractivity (Wildman–Crippen MR) is 74.1 cm³/mol. The SMILES string of the molecule is CCN1CCOC(c2nc(COC)c(Br)c(=O)[nH]2)C1. The second kappa shape index (κ2) is 6.60. The van der Waals surface area contributed by atoms with Crippen LogP contribution in [-0.4, -0.2) is 48.2 Å². The topological polar surface area (TPSA) is 67.5 Å². The minimum Gasteiger partial charge on any atom is -0.378 e. The zero-order valence-electron chi connectivity index (χ0n) is 11.1. The molecule has 0 radical (unpaired) electrons. The van der Waals surface area contributed by atoms with Crippen LogP contribution in [0.15, 0.2) is 9.27 Å². The normalized spacial score (nSPS) is 20.7. The summed E-state index contributed by atoms with van der Waals surface area (Å²) in [6.45, 7) is 5.67. The Balaban J connectivity index is 2.26. The smallest absolute Gasteiger partial charge is 0.265 e. The largest absolute Gasteiger partial charge is 0.378 e. The molecule has 2 rings (SSSR count). The first-order chi connectivity index (χ1) is 9.15. The van der Waals surface area contributed by atoms with E-state index in [1.807, 2.05) is 0 Å². The molecule has 1 saturated heterocycles. The molecule has 1 aromatic heterocycles. The van der Waals surface area contributed by atoms with Crippen LogP contribution in [0, 0.1) is 0 Å². The highest BCUT2D eigenvalue weighted by molar-refractivity contribution is 9.10. The van der Waals surface area contributed by atoms with Crippen LogP contribution >= 0.6 is 15.9 Å². The number of aromatic nitrogens is 2. The second-order valence-electron chi connectivity index (χ2n) is 4.40. The van der Waals surface area contributed by atoms with Gasteiger partial charge in [0.2, 0.25) is 0 Å². The van der Waals surface area contributed by atoms with E-state index in [0.717, 1.165) is 19.6 Å². The molecule has 1 aromatic rings. The van der Waals surface area contributed by atoms with Gasteiger partial charge in [-0.25, -0.2) is 4.98 Å². The van der Waals surface area contributed by atoms with Crippen LogP contribution in [-0.2, 0) is 16.1 Å². The van der Waals surface area contributed by atoms with Gasteiger partial charge in [-0.3, -0.25) is 9.69 Å². The molecular weight excluding hydrogens is 314 g/mol. The van der Waals surface area contributed by atoms with Crippen LogP contribution < -0.4 is 5.56 Å². The molecular formula is C12H18BrN3O3. The summed E-state index contributed by atoms with van der Waals surface area (Å²) in [4.78, 5) is 21.3. The van der Waals surface area contributed by atoms with Crippen LogP contribution in [0.1, 0.15) is 24.5 Å². The minimum atomic E-state index is -0.200. The molecule has 0 spiro atoms. The van der Waals surface area contributed by atoms with Crippen LogP contribution in [0.2, 0.25) is 0 Å². The summed E-state index contributed by atoms with van der Waals surface area (Å²) in [5.41, 5.74) is 0.396. The number of nitrogens with zero attached hydrogens (tertiary/aromatic N) is 2. The number of hydrogen-bond donors (Lipinski definition) is 1. The average molecular weight is 332 g/mol. The highest BCUT2D eigenvalue weighted by atomic mass is 79.9. The number of ether oxygens (including phenoxy) is 2. The molecule has 6 nitrogen and oxygen atoms in total. The summed E-state index contributed by atoms with van der Waals surface area (Å²) in [7, 11) is 1.57. The lowest BCUT2D eigenvalue weighted by Crippen LogP contribution is -2.39. The Bertz CT molecular complexity index is 492. The van der Waals surface area contributed by atoms with Crippen molar-refractivity contribution in [1.29, 1.82) is 0 Å². The van der Waals surface area contributed by atoms with Crippen molar-refractivity contribution in [2.75, 3.05) is 33.4 Å². The molecule has 0 aliphatic carbocycles. The van der Waals surface area contributed by atoms with Crippen LogP contribution in [0.3, 0.4) is 0 Å². The fourth-order valence-corrected chi connectivity index (χ4v) is 2.37. The third-order valence-corrected chi connectivity index (χ3v) is 3.95. The van der Waals surface area contributed by atoms with Crippen molar-refractivity contribution < 1.29 is 9.47 Å². The first-order valence-electron chi connectivity index (χ1n) is 6.27. The fourth-order valence-electron chi connectivity index (χ4n) is 2.06. The second-order valence-corrected chi connectivity index (χ2v) is 5.19. The maximum atomic E-state index is 11.9. The monoisotopic (exact) mass is 331 g/mol. The number of morpholine rings is 1. The van der Waals surface area contributed by atoms with Gasteiger partial charge in [0.25, 0.3) is 5.56 Å². The molecule has 7 heteroatoms. The first-order valence-corrected chi connectivity index (χ1v) is 7.06. The van der Waals surface area contributed by atoms with E-state index >= 15 is 0 Å². The molecule has 1 atom stereocenters. The van der Waals surface area contributed by atoms with Crippen molar-refractivity contribution in [1.82, 2.24) is 14.9 Å². The maximum absolute atomic E-state index is 11.9. The number of halogens is 1. The van der Waals surface area contributed by atoms with Gasteiger partial charge in [0, 0.05) is 20.2 Å².